The van der Waals surface area contributed by atoms with Crippen LogP contribution in [0, 0.1) is 136 Å². The molecule has 0 N–H and O–H groups in total. The van der Waals surface area contributed by atoms with Crippen LogP contribution in [0.5, 0.6) is 0 Å². The molecule has 0 aliphatic carbocycles. The lowest BCUT2D eigenvalue weighted by atomic mass is 9.91. The van der Waals surface area contributed by atoms with Crippen molar-refractivity contribution in [2.45, 2.75) is 6.18 Å². The SMILES string of the molecule is N#Cc1cc(C#N)c(-c2ccc3c(c2)c2cc(-c4c(C#N)cc(C#N)cc4C#N)ccc2n3-c2cc(C(F)(F)F)ccc2-c2c(-c3nc(-c4ccccc4)nc(-c4ccccc4)n3)cccc2-n2c3ccc(-c4c(C#N)cc(C#N)cc4C#N)cc3c3cc(-c4c(C#N)cc(C#N)cc4C#N)ccc32)c(C#N)c1. The van der Waals surface area contributed by atoms with Crippen LogP contribution in [0.2, 0.25) is 0 Å². The van der Waals surface area contributed by atoms with Gasteiger partial charge in [-0.3, -0.25) is 0 Å². The van der Waals surface area contributed by atoms with Crippen LogP contribution in [0.1, 0.15) is 72.3 Å². The van der Waals surface area contributed by atoms with Crippen LogP contribution < -0.4 is 0 Å². The largest absolute Gasteiger partial charge is 0.416 e. The van der Waals surface area contributed by atoms with E-state index in [1.807, 2.05) is 89.5 Å². The van der Waals surface area contributed by atoms with Crippen molar-refractivity contribution in [2.24, 2.45) is 0 Å². The predicted octanol–water partition coefficient (Wildman–Crippen LogP) is 18.9. The molecule has 3 aromatic heterocycles. The summed E-state index contributed by atoms with van der Waals surface area (Å²) in [6, 6.07) is 82.9. The van der Waals surface area contributed by atoms with Gasteiger partial charge in [0, 0.05) is 71.6 Å². The summed E-state index contributed by atoms with van der Waals surface area (Å²) in [6.07, 6.45) is -5.01. The first-order valence-corrected chi connectivity index (χ1v) is 32.6. The first kappa shape index (κ1) is 66.8. The molecule has 0 unspecified atom stereocenters. The Morgan fingerprint density at radius 2 is 0.556 bits per heavy atom. The molecule has 108 heavy (non-hydrogen) atoms. The fourth-order valence-corrected chi connectivity index (χ4v) is 14.2. The number of halogens is 3. The standard InChI is InChI=1S/C88H36F3N17/c89-88(90,91)67-18-19-68(79(36-67)108-76-22-16-57(82-63(45-100)28-51(39-94)29-64(82)46-101)34-72(76)73-35-58(17-23-77(73)108)83-65(47-102)30-52(40-95)31-66(83)48-103)84-69(87-105-85(53-8-3-1-4-9-53)104-86(106-87)54-10-5-2-6-11-54)12-7-13-78(84)107-74-20-14-55(80-59(41-96)24-49(37-92)25-60(80)42-97)32-70(74)71-33-56(15-21-75(71)107)81-61(43-98)26-50(38-93)27-62(81)44-99/h1-36H. The molecule has 12 aromatic carbocycles. The summed E-state index contributed by atoms with van der Waals surface area (Å²) in [5, 5.41) is 127. The van der Waals surface area contributed by atoms with Gasteiger partial charge in [0.2, 0.25) is 0 Å². The van der Waals surface area contributed by atoms with E-state index in [9.17, 15) is 63.1 Å². The van der Waals surface area contributed by atoms with E-state index in [1.54, 1.807) is 95.6 Å². The van der Waals surface area contributed by atoms with Gasteiger partial charge in [-0.2, -0.15) is 76.3 Å². The zero-order valence-electron chi connectivity index (χ0n) is 55.5. The normalized spacial score (nSPS) is 10.8. The molecule has 3 heterocycles. The summed E-state index contributed by atoms with van der Waals surface area (Å²) in [4.78, 5) is 15.5. The second-order valence-electron chi connectivity index (χ2n) is 24.7. The van der Waals surface area contributed by atoms with Crippen molar-refractivity contribution < 1.29 is 13.2 Å². The van der Waals surface area contributed by atoms with Gasteiger partial charge >= 0.3 is 6.18 Å². The second-order valence-corrected chi connectivity index (χ2v) is 24.7. The molecule has 0 bridgehead atoms. The monoisotopic (exact) mass is 1390 g/mol. The highest BCUT2D eigenvalue weighted by Gasteiger charge is 2.34. The Labute approximate surface area is 611 Å². The van der Waals surface area contributed by atoms with Crippen LogP contribution in [0.15, 0.2) is 218 Å². The molecule has 494 valence electrons. The number of benzene rings is 12. The highest BCUT2D eigenvalue weighted by atomic mass is 19.4. The molecule has 15 aromatic rings. The summed E-state index contributed by atoms with van der Waals surface area (Å²) in [6.45, 7) is 0. The number of alkyl halides is 3. The molecule has 0 atom stereocenters. The van der Waals surface area contributed by atoms with E-state index >= 15 is 13.2 Å². The van der Waals surface area contributed by atoms with Crippen molar-refractivity contribution in [1.82, 2.24) is 24.1 Å². The molecule has 20 heteroatoms. The molecular weight excluding hydrogens is 1350 g/mol. The maximum atomic E-state index is 16.1. The molecular formula is C88H36F3N17. The fraction of sp³-hybridized carbons (Fsp3) is 0.0114. The van der Waals surface area contributed by atoms with E-state index in [0.717, 1.165) is 12.1 Å². The van der Waals surface area contributed by atoms with E-state index < -0.39 is 11.7 Å². The molecule has 17 nitrogen and oxygen atoms in total. The predicted molar refractivity (Wildman–Crippen MR) is 394 cm³/mol. The molecule has 0 aliphatic heterocycles. The van der Waals surface area contributed by atoms with Crippen LogP contribution in [0.4, 0.5) is 13.2 Å². The van der Waals surface area contributed by atoms with E-state index in [4.69, 9.17) is 15.0 Å². The Morgan fingerprint density at radius 3 is 0.852 bits per heavy atom. The minimum atomic E-state index is -5.01. The number of hydrogen-bond acceptors (Lipinski definition) is 15. The smallest absolute Gasteiger partial charge is 0.309 e. The highest BCUT2D eigenvalue weighted by Crippen LogP contribution is 2.49. The first-order valence-electron chi connectivity index (χ1n) is 32.6. The van der Waals surface area contributed by atoms with Gasteiger partial charge in [0.05, 0.1) is 179 Å². The molecule has 15 rings (SSSR count). The maximum Gasteiger partial charge on any atom is 0.416 e. The van der Waals surface area contributed by atoms with Gasteiger partial charge in [0.25, 0.3) is 0 Å². The average molecular weight is 1390 g/mol. The number of hydrogen-bond donors (Lipinski definition) is 0. The second kappa shape index (κ2) is 26.8. The number of aromatic nitrogens is 5. The van der Waals surface area contributed by atoms with E-state index in [-0.39, 0.29) is 140 Å². The highest BCUT2D eigenvalue weighted by molar-refractivity contribution is 6.15. The number of nitrogens with zero attached hydrogens (tertiary/aromatic N) is 17. The van der Waals surface area contributed by atoms with E-state index in [2.05, 4.69) is 48.6 Å². The average Bonchev–Trinajstić information content (AvgIpc) is 1.54. The van der Waals surface area contributed by atoms with Crippen molar-refractivity contribution in [3.05, 3.63) is 291 Å². The third-order valence-corrected chi connectivity index (χ3v) is 18.8. The molecule has 0 saturated carbocycles. The Hall–Kier alpha value is -17.1. The summed E-state index contributed by atoms with van der Waals surface area (Å²) in [5.74, 6) is 0.511. The molecule has 0 spiro atoms. The third-order valence-electron chi connectivity index (χ3n) is 18.8. The lowest BCUT2D eigenvalue weighted by molar-refractivity contribution is -0.137. The summed E-state index contributed by atoms with van der Waals surface area (Å²) >= 11 is 0. The van der Waals surface area contributed by atoms with Gasteiger partial charge in [0.15, 0.2) is 17.5 Å². The van der Waals surface area contributed by atoms with Gasteiger partial charge < -0.3 is 9.13 Å². The zero-order chi connectivity index (χ0) is 75.2. The summed E-state index contributed by atoms with van der Waals surface area (Å²) in [7, 11) is 0. The molecule has 0 fully saturated rings. The summed E-state index contributed by atoms with van der Waals surface area (Å²) in [5.41, 5.74) is 4.41. The molecule has 0 aliphatic rings. The van der Waals surface area contributed by atoms with E-state index in [0.29, 0.717) is 71.6 Å². The van der Waals surface area contributed by atoms with Crippen LogP contribution in [-0.4, -0.2) is 24.1 Å². The van der Waals surface area contributed by atoms with Gasteiger partial charge in [-0.05, 0) is 138 Å². The van der Waals surface area contributed by atoms with Crippen LogP contribution in [-0.2, 0) is 6.18 Å². The third kappa shape index (κ3) is 11.2. The Bertz CT molecular complexity index is 6580. The van der Waals surface area contributed by atoms with Gasteiger partial charge in [-0.15, -0.1) is 0 Å². The maximum absolute atomic E-state index is 16.1. The molecule has 0 amide bonds. The number of nitriles is 12. The number of rotatable bonds is 10. The van der Waals surface area contributed by atoms with Crippen molar-refractivity contribution in [2.75, 3.05) is 0 Å². The van der Waals surface area contributed by atoms with Crippen LogP contribution >= 0.6 is 0 Å². The molecule has 0 saturated heterocycles. The topological polar surface area (TPSA) is 334 Å². The molecule has 0 radical (unpaired) electrons. The minimum Gasteiger partial charge on any atom is -0.309 e. The Kier molecular flexibility index (Phi) is 16.6. The van der Waals surface area contributed by atoms with Gasteiger partial charge in [-0.1, -0.05) is 103 Å². The lowest BCUT2D eigenvalue weighted by Crippen LogP contribution is -2.09. The minimum absolute atomic E-state index is 0.00916. The van der Waals surface area contributed by atoms with Crippen molar-refractivity contribution in [3.8, 4) is 174 Å². The number of fused-ring (bicyclic) bond motifs is 6. The first-order chi connectivity index (χ1) is 52.6. The quantitative estimate of drug-likeness (QED) is 0.123. The lowest BCUT2D eigenvalue weighted by Gasteiger charge is -2.22. The Balaban J connectivity index is 1.12. The van der Waals surface area contributed by atoms with Crippen molar-refractivity contribution in [1.29, 1.82) is 63.1 Å². The van der Waals surface area contributed by atoms with E-state index in [1.165, 1.54) is 54.6 Å². The van der Waals surface area contributed by atoms with Crippen LogP contribution in [0.3, 0.4) is 0 Å². The van der Waals surface area contributed by atoms with Crippen molar-refractivity contribution >= 4 is 43.6 Å². The summed E-state index contributed by atoms with van der Waals surface area (Å²) < 4.78 is 51.9. The van der Waals surface area contributed by atoms with Crippen molar-refractivity contribution in [3.63, 3.8) is 0 Å². The van der Waals surface area contributed by atoms with Gasteiger partial charge in [-0.25, -0.2) is 15.0 Å². The Morgan fingerprint density at radius 1 is 0.250 bits per heavy atom. The van der Waals surface area contributed by atoms with Crippen LogP contribution in [0.25, 0.3) is 145 Å². The van der Waals surface area contributed by atoms with Gasteiger partial charge in [0.1, 0.15) is 0 Å². The fourth-order valence-electron chi connectivity index (χ4n) is 14.2. The zero-order valence-corrected chi connectivity index (χ0v) is 55.5.